The lowest BCUT2D eigenvalue weighted by atomic mass is 9.88. The van der Waals surface area contributed by atoms with Crippen LogP contribution >= 0.6 is 11.8 Å². The molecule has 0 aliphatic carbocycles. The second-order valence-corrected chi connectivity index (χ2v) is 11.7. The molecule has 7 amide bonds. The highest BCUT2D eigenvalue weighted by Gasteiger charge is 2.73. The fraction of sp³-hybridized carbons (Fsp3) is 0.458. The quantitative estimate of drug-likeness (QED) is 0.0858. The summed E-state index contributed by atoms with van der Waals surface area (Å²) in [6.45, 7) is 4.89. The number of amides is 7. The second-order valence-electron chi connectivity index (χ2n) is 9.96. The third-order valence-corrected chi connectivity index (χ3v) is 8.97. The van der Waals surface area contributed by atoms with Crippen LogP contribution in [-0.2, 0) is 28.8 Å². The van der Waals surface area contributed by atoms with Crippen molar-refractivity contribution in [2.45, 2.75) is 48.6 Å². The molecule has 3 saturated heterocycles. The van der Waals surface area contributed by atoms with Gasteiger partial charge in [-0.3, -0.25) is 33.8 Å². The zero-order valence-electron chi connectivity index (χ0n) is 22.1. The molecule has 16 nitrogen and oxygen atoms in total. The topological polar surface area (TPSA) is 226 Å². The summed E-state index contributed by atoms with van der Waals surface area (Å²) in [6.07, 6.45) is 0.174. The molecule has 0 bridgehead atoms. The van der Waals surface area contributed by atoms with Crippen LogP contribution < -0.4 is 16.0 Å². The van der Waals surface area contributed by atoms with Crippen LogP contribution in [0.15, 0.2) is 18.2 Å². The van der Waals surface area contributed by atoms with E-state index in [9.17, 15) is 48.9 Å². The predicted molar refractivity (Wildman–Crippen MR) is 139 cm³/mol. The van der Waals surface area contributed by atoms with E-state index in [2.05, 4.69) is 16.0 Å². The normalized spacial score (nSPS) is 25.6. The number of urea groups is 1. The van der Waals surface area contributed by atoms with Gasteiger partial charge in [0.15, 0.2) is 11.5 Å². The smallest absolute Gasteiger partial charge is 0.352 e. The molecule has 1 aromatic carbocycles. The molecule has 3 aliphatic heterocycles. The first-order valence-electron chi connectivity index (χ1n) is 12.4. The number of hydrogen-bond donors (Lipinski definition) is 6. The number of carboxylic acid groups (broad SMARTS) is 1. The largest absolute Gasteiger partial charge is 0.504 e. The number of likely N-dealkylation sites (N-methyl/N-ethyl adjacent to an activating group) is 1. The molecule has 4 rings (SSSR count). The summed E-state index contributed by atoms with van der Waals surface area (Å²) < 4.78 is -1.22. The van der Waals surface area contributed by atoms with Gasteiger partial charge in [-0.2, -0.15) is 0 Å². The Hall–Kier alpha value is -4.54. The average Bonchev–Trinajstić information content (AvgIpc) is 3.13. The van der Waals surface area contributed by atoms with Crippen molar-refractivity contribution in [3.8, 4) is 11.5 Å². The number of nitrogens with one attached hydrogen (secondary N) is 3. The predicted octanol–water partition coefficient (Wildman–Crippen LogP) is -1.76. The number of rotatable bonds is 8. The van der Waals surface area contributed by atoms with Gasteiger partial charge < -0.3 is 36.2 Å². The van der Waals surface area contributed by atoms with Gasteiger partial charge in [0.1, 0.15) is 17.5 Å². The third kappa shape index (κ3) is 4.55. The highest BCUT2D eigenvalue weighted by molar-refractivity contribution is 8.01. The second kappa shape index (κ2) is 10.5. The van der Waals surface area contributed by atoms with E-state index in [1.165, 1.54) is 24.8 Å². The minimum atomic E-state index is -2.09. The van der Waals surface area contributed by atoms with Crippen LogP contribution in [0.1, 0.15) is 32.4 Å². The number of carboxylic acids is 1. The fourth-order valence-corrected chi connectivity index (χ4v) is 6.84. The van der Waals surface area contributed by atoms with Gasteiger partial charge in [-0.25, -0.2) is 9.59 Å². The molecule has 1 unspecified atom stereocenters. The Kier molecular flexibility index (Phi) is 7.51. The molecule has 3 aliphatic rings. The van der Waals surface area contributed by atoms with E-state index in [-0.39, 0.29) is 31.6 Å². The molecule has 0 saturated carbocycles. The lowest BCUT2D eigenvalue weighted by Gasteiger charge is -2.49. The van der Waals surface area contributed by atoms with E-state index >= 15 is 0 Å². The van der Waals surface area contributed by atoms with Crippen LogP contribution in [0.5, 0.6) is 11.5 Å². The van der Waals surface area contributed by atoms with Gasteiger partial charge in [-0.05, 0) is 38.5 Å². The van der Waals surface area contributed by atoms with Crippen molar-refractivity contribution in [3.63, 3.8) is 0 Å². The summed E-state index contributed by atoms with van der Waals surface area (Å²) >= 11 is 1.03. The summed E-state index contributed by atoms with van der Waals surface area (Å²) in [5.41, 5.74) is -2.13. The Bertz CT molecular complexity index is 1350. The number of aliphatic carboxylic acids is 1. The summed E-state index contributed by atoms with van der Waals surface area (Å²) in [5, 5.41) is 35.8. The van der Waals surface area contributed by atoms with Gasteiger partial charge in [-0.15, -0.1) is 11.8 Å². The van der Waals surface area contributed by atoms with Gasteiger partial charge >= 0.3 is 23.8 Å². The maximum absolute atomic E-state index is 13.5. The van der Waals surface area contributed by atoms with Gasteiger partial charge in [0.25, 0.3) is 5.91 Å². The molecule has 0 radical (unpaired) electrons. The monoisotopic (exact) mass is 592 g/mol. The molecule has 3 heterocycles. The zero-order chi connectivity index (χ0) is 30.4. The molecule has 1 aromatic rings. The van der Waals surface area contributed by atoms with E-state index in [0.29, 0.717) is 4.90 Å². The molecule has 3 fully saturated rings. The number of carbonyl (C=O) groups is 7. The lowest BCUT2D eigenvalue weighted by Crippen LogP contribution is -2.79. The average molecular weight is 593 g/mol. The summed E-state index contributed by atoms with van der Waals surface area (Å²) in [7, 11) is 0. The van der Waals surface area contributed by atoms with Crippen LogP contribution in [0.3, 0.4) is 0 Å². The first-order chi connectivity index (χ1) is 19.2. The highest BCUT2D eigenvalue weighted by Crippen LogP contribution is 2.55. The highest BCUT2D eigenvalue weighted by atomic mass is 32.2. The van der Waals surface area contributed by atoms with Crippen molar-refractivity contribution >= 4 is 53.8 Å². The van der Waals surface area contributed by atoms with Crippen LogP contribution in [0.25, 0.3) is 0 Å². The first-order valence-corrected chi connectivity index (χ1v) is 13.3. The molecule has 0 spiro atoms. The van der Waals surface area contributed by atoms with E-state index in [1.807, 2.05) is 0 Å². The number of fused-ring (bicyclic) bond motifs is 1. The number of nitrogens with zero attached hydrogens (tertiary/aromatic N) is 3. The maximum Gasteiger partial charge on any atom is 0.352 e. The SMILES string of the molecule is CCN1CCN(C(=O)NC(C(=O)N[C@@H]2C(=O)N3[C@@H]2SC(C)(C)[C@]3(NC=O)C(=O)O)c2ccc(O)c(O)c2)C(=O)C1=O. The van der Waals surface area contributed by atoms with E-state index in [1.54, 1.807) is 6.92 Å². The maximum atomic E-state index is 13.5. The number of carbonyl (C=O) groups excluding carboxylic acids is 6. The van der Waals surface area contributed by atoms with Crippen molar-refractivity contribution < 1.29 is 48.9 Å². The van der Waals surface area contributed by atoms with Crippen molar-refractivity contribution in [2.24, 2.45) is 0 Å². The summed E-state index contributed by atoms with van der Waals surface area (Å²) in [5.74, 6) is -6.40. The van der Waals surface area contributed by atoms with Crippen molar-refractivity contribution in [1.82, 2.24) is 30.7 Å². The molecule has 6 N–H and O–H groups in total. The Morgan fingerprint density at radius 2 is 1.80 bits per heavy atom. The standard InChI is InChI=1S/C24H28N6O10S/c1-4-28-7-8-29(19(37)18(28)36)22(40)27-14(11-5-6-12(32)13(33)9-11)16(34)26-15-17(35)30-20(15)41-23(2,3)24(30,21(38)39)25-10-31/h5-6,9-10,14-15,20,32-33H,4,7-8H2,1-3H3,(H,25,31)(H,26,34)(H,27,40)(H,38,39)/t14?,15-,20-,24+/m1/s1. The minimum absolute atomic E-state index is 0.0392. The number of thioether (sulfide) groups is 1. The van der Waals surface area contributed by atoms with Crippen molar-refractivity contribution in [1.29, 1.82) is 0 Å². The molecule has 4 atom stereocenters. The number of phenolic OH excluding ortho intramolecular Hbond substituents is 2. The zero-order valence-corrected chi connectivity index (χ0v) is 22.9. The number of aromatic hydroxyl groups is 2. The van der Waals surface area contributed by atoms with E-state index < -0.39 is 75.0 Å². The van der Waals surface area contributed by atoms with Gasteiger partial charge in [-0.1, -0.05) is 6.07 Å². The molecule has 0 aromatic heterocycles. The summed E-state index contributed by atoms with van der Waals surface area (Å²) in [6, 6.07) is -0.711. The van der Waals surface area contributed by atoms with E-state index in [0.717, 1.165) is 28.8 Å². The summed E-state index contributed by atoms with van der Waals surface area (Å²) in [4.78, 5) is 90.9. The molecule has 41 heavy (non-hydrogen) atoms. The molecule has 220 valence electrons. The lowest BCUT2D eigenvalue weighted by molar-refractivity contribution is -0.175. The molecular formula is C24H28N6O10S. The van der Waals surface area contributed by atoms with Gasteiger partial charge in [0, 0.05) is 19.6 Å². The number of β-lactam (4-membered cyclic amide) rings is 1. The Balaban J connectivity index is 1.59. The van der Waals surface area contributed by atoms with Crippen LogP contribution in [-0.4, -0.2) is 114 Å². The van der Waals surface area contributed by atoms with Crippen LogP contribution in [0.2, 0.25) is 0 Å². The van der Waals surface area contributed by atoms with Crippen LogP contribution in [0, 0.1) is 0 Å². The Morgan fingerprint density at radius 3 is 2.39 bits per heavy atom. The number of imide groups is 1. The van der Waals surface area contributed by atoms with Gasteiger partial charge in [0.05, 0.1) is 4.75 Å². The Morgan fingerprint density at radius 1 is 1.12 bits per heavy atom. The van der Waals surface area contributed by atoms with Crippen molar-refractivity contribution in [2.75, 3.05) is 19.6 Å². The van der Waals surface area contributed by atoms with E-state index in [4.69, 9.17) is 0 Å². The Labute approximate surface area is 237 Å². The van der Waals surface area contributed by atoms with Crippen molar-refractivity contribution in [3.05, 3.63) is 23.8 Å². The number of hydrogen-bond acceptors (Lipinski definition) is 10. The fourth-order valence-electron chi connectivity index (χ4n) is 5.13. The van der Waals surface area contributed by atoms with Crippen LogP contribution in [0.4, 0.5) is 4.79 Å². The molecule has 17 heteroatoms. The number of piperazine rings is 1. The number of phenols is 2. The molecular weight excluding hydrogens is 564 g/mol. The minimum Gasteiger partial charge on any atom is -0.504 e. The third-order valence-electron chi connectivity index (χ3n) is 7.36. The first kappa shape index (κ1) is 29.4. The van der Waals surface area contributed by atoms with Gasteiger partial charge in [0.2, 0.25) is 18.0 Å². The number of benzene rings is 1.